The van der Waals surface area contributed by atoms with Crippen molar-refractivity contribution >= 4 is 169 Å². The fraction of sp³-hybridized carbons (Fsp3) is 0.349. The van der Waals surface area contributed by atoms with Crippen molar-refractivity contribution in [1.29, 1.82) is 0 Å². The summed E-state index contributed by atoms with van der Waals surface area (Å²) in [6.07, 6.45) is 8.29. The van der Waals surface area contributed by atoms with Crippen LogP contribution in [0.5, 0.6) is 0 Å². The fourth-order valence-corrected chi connectivity index (χ4v) is 14.1. The molecule has 3 aromatic heterocycles. The van der Waals surface area contributed by atoms with Gasteiger partial charge in [-0.2, -0.15) is 41.8 Å². The molecule has 0 atom stereocenters. The predicted octanol–water partition coefficient (Wildman–Crippen LogP) is 12.6. The summed E-state index contributed by atoms with van der Waals surface area (Å²) in [5.41, 5.74) is 2.21. The lowest BCUT2D eigenvalue weighted by Crippen LogP contribution is -2.30. The van der Waals surface area contributed by atoms with Crippen molar-refractivity contribution in [3.63, 3.8) is 0 Å². The maximum absolute atomic E-state index is 13.8. The van der Waals surface area contributed by atoms with E-state index in [4.69, 9.17) is 35.1 Å². The minimum Gasteiger partial charge on any atom is -0.396 e. The second-order valence-corrected chi connectivity index (χ2v) is 27.6. The molecule has 0 saturated carbocycles. The molecule has 2 amide bonds. The molecule has 33 heteroatoms. The van der Waals surface area contributed by atoms with Crippen LogP contribution in [-0.2, 0) is 39.4 Å². The van der Waals surface area contributed by atoms with Crippen LogP contribution >= 0.6 is 34.4 Å². The molecule has 0 aliphatic carbocycles. The van der Waals surface area contributed by atoms with Crippen molar-refractivity contribution in [2.75, 3.05) is 106 Å². The molecular formula is C63H73N17O11S5. The smallest absolute Gasteiger partial charge is 0.296 e. The van der Waals surface area contributed by atoms with Gasteiger partial charge in [0.25, 0.3) is 32.1 Å². The van der Waals surface area contributed by atoms with Gasteiger partial charge in [0.2, 0.25) is 22.2 Å². The number of thiazole rings is 2. The predicted molar refractivity (Wildman–Crippen MR) is 376 cm³/mol. The van der Waals surface area contributed by atoms with E-state index in [-0.39, 0.29) is 62.2 Å². The number of thioether (sulfide) groups is 1. The number of piperidine rings is 2. The number of aromatic nitrogens is 5. The average Bonchev–Trinajstić information content (AvgIpc) is 1.73. The quantitative estimate of drug-likeness (QED) is 0.00572. The molecule has 28 nitrogen and oxygen atoms in total. The lowest BCUT2D eigenvalue weighted by Gasteiger charge is -2.27. The molecule has 0 bridgehead atoms. The number of ketones is 2. The van der Waals surface area contributed by atoms with Crippen LogP contribution in [0.1, 0.15) is 89.8 Å². The van der Waals surface area contributed by atoms with Crippen LogP contribution in [0.25, 0.3) is 12.2 Å². The van der Waals surface area contributed by atoms with Crippen molar-refractivity contribution in [3.05, 3.63) is 106 Å². The molecule has 7 aromatic rings. The highest BCUT2D eigenvalue weighted by Gasteiger charge is 2.27. The lowest BCUT2D eigenvalue weighted by molar-refractivity contribution is -0.120. The molecule has 0 radical (unpaired) electrons. The minimum atomic E-state index is -4.74. The van der Waals surface area contributed by atoms with Gasteiger partial charge < -0.3 is 46.0 Å². The van der Waals surface area contributed by atoms with Gasteiger partial charge in [-0.3, -0.25) is 28.3 Å². The highest BCUT2D eigenvalue weighted by Crippen LogP contribution is 2.41. The van der Waals surface area contributed by atoms with E-state index in [9.17, 15) is 50.2 Å². The number of hydrogen-bond acceptors (Lipinski definition) is 27. The Labute approximate surface area is 568 Å². The van der Waals surface area contributed by atoms with Gasteiger partial charge in [0.1, 0.15) is 32.8 Å². The molecule has 9 rings (SSSR count). The summed E-state index contributed by atoms with van der Waals surface area (Å²) >= 11 is 3.36. The van der Waals surface area contributed by atoms with E-state index in [0.717, 1.165) is 84.7 Å². The highest BCUT2D eigenvalue weighted by atomic mass is 32.2. The number of nitrogens with one attached hydrogen (secondary N) is 4. The van der Waals surface area contributed by atoms with Crippen LogP contribution in [0.15, 0.2) is 131 Å². The Morgan fingerprint density at radius 1 is 0.552 bits per heavy atom. The molecule has 4 aromatic carbocycles. The second-order valence-electron chi connectivity index (χ2n) is 21.8. The molecule has 2 fully saturated rings. The number of para-hydroxylation sites is 2. The molecule has 506 valence electrons. The summed E-state index contributed by atoms with van der Waals surface area (Å²) < 4.78 is 68.5. The number of nitrogens with zero attached hydrogens (tertiary/aromatic N) is 13. The maximum Gasteiger partial charge on any atom is 0.296 e. The van der Waals surface area contributed by atoms with Crippen LogP contribution in [0.4, 0.5) is 79.3 Å². The van der Waals surface area contributed by atoms with Crippen LogP contribution in [-0.4, -0.2) is 144 Å². The van der Waals surface area contributed by atoms with E-state index in [1.54, 1.807) is 12.1 Å². The summed E-state index contributed by atoms with van der Waals surface area (Å²) in [4.78, 5) is 86.4. The first kappa shape index (κ1) is 71.3. The summed E-state index contributed by atoms with van der Waals surface area (Å²) in [5.74, 6) is -1.68. The molecular weight excluding hydrogens is 1330 g/mol. The van der Waals surface area contributed by atoms with Crippen LogP contribution in [0.3, 0.4) is 0 Å². The highest BCUT2D eigenvalue weighted by molar-refractivity contribution is 7.99. The van der Waals surface area contributed by atoms with Gasteiger partial charge in [-0.15, -0.1) is 20.5 Å². The SMILES string of the molecule is CCN(CC)c1ccc(N=Nc2nc(N3CCCCC3)c(/C=C(/C(C)=O)C(=O)Nc3ccccc3S(=O)(=O)O)s2)c(Nc2nc(Nc3cc(N(CC)CC)ccc3N=Nc3nc(N4CCCCC4)c(/C=C(\C(C)=O)C(=O)Nc4ccccc4S(=O)(=O)O)s3)nc(SCCO)n2)c1. The van der Waals surface area contributed by atoms with Crippen LogP contribution in [0.2, 0.25) is 0 Å². The number of hydrogen-bond donors (Lipinski definition) is 7. The van der Waals surface area contributed by atoms with E-state index >= 15 is 0 Å². The molecule has 5 heterocycles. The molecule has 7 N–H and O–H groups in total. The van der Waals surface area contributed by atoms with Gasteiger partial charge in [-0.25, -0.2) is 0 Å². The topological polar surface area (TPSA) is 372 Å². The molecule has 2 saturated heterocycles. The summed E-state index contributed by atoms with van der Waals surface area (Å²) in [6.45, 7) is 15.7. The van der Waals surface area contributed by atoms with Gasteiger partial charge in [-0.1, -0.05) is 58.7 Å². The first-order chi connectivity index (χ1) is 46.1. The Hall–Kier alpha value is -8.96. The number of anilines is 10. The number of aliphatic hydroxyl groups excluding tert-OH is 1. The number of aliphatic hydroxyl groups is 1. The van der Waals surface area contributed by atoms with Crippen molar-refractivity contribution in [2.24, 2.45) is 20.5 Å². The Morgan fingerprint density at radius 2 is 0.948 bits per heavy atom. The number of azo groups is 2. The van der Waals surface area contributed by atoms with Crippen LogP contribution in [0, 0.1) is 0 Å². The minimum absolute atomic E-state index is 0.0855. The third kappa shape index (κ3) is 18.3. The molecule has 96 heavy (non-hydrogen) atoms. The van der Waals surface area contributed by atoms with Gasteiger partial charge in [0, 0.05) is 69.5 Å². The van der Waals surface area contributed by atoms with Crippen molar-refractivity contribution in [3.8, 4) is 0 Å². The van der Waals surface area contributed by atoms with E-state index in [2.05, 4.69) is 41.3 Å². The lowest BCUT2D eigenvalue weighted by atomic mass is 10.1. The van der Waals surface area contributed by atoms with Crippen molar-refractivity contribution in [1.82, 2.24) is 24.9 Å². The third-order valence-corrected chi connectivity index (χ3v) is 19.7. The number of carbonyl (C=O) groups is 4. The van der Waals surface area contributed by atoms with E-state index in [0.29, 0.717) is 96.5 Å². The van der Waals surface area contributed by atoms with E-state index in [1.165, 1.54) is 74.2 Å². The Kier molecular flexibility index (Phi) is 24.3. The fourth-order valence-electron chi connectivity index (χ4n) is 10.5. The molecule has 0 unspecified atom stereocenters. The largest absolute Gasteiger partial charge is 0.396 e. The van der Waals surface area contributed by atoms with Gasteiger partial charge in [-0.05, 0) is 153 Å². The molecule has 2 aliphatic rings. The standard InChI is InChI=1S/C63H73N17O11S5/c1-7-77(8-2)41-25-27-45(73-75-62-68-55(79-29-17-11-18-30-79)51(93-62)37-43(39(5)82)57(84)64-47-21-13-15-23-53(47)95(86,87)88)49(35-41)66-59-70-60(72-61(71-59)92-34-33-81)67-50-36-42(78(9-3)10-4)26-28-46(50)74-76-63-69-56(80-31-19-12-20-32-80)52(94-63)38-44(40(6)83)58(85)65-48-22-14-16-24-54(48)96(89,90)91/h13-16,21-28,35-38,81H,7-12,17-20,29-34H2,1-6H3,(H,64,84)(H,65,85)(H,86,87,88)(H,89,90,91)(H2,66,67,70,71,72)/b43-37-,44-38+,75-73?,76-74?. The zero-order chi connectivity index (χ0) is 68.7. The first-order valence-electron chi connectivity index (χ1n) is 31.0. The average molecular weight is 1400 g/mol. The Bertz CT molecular complexity index is 4100. The Balaban J connectivity index is 1.07. The molecule has 2 aliphatic heterocycles. The second kappa shape index (κ2) is 32.7. The monoisotopic (exact) mass is 1400 g/mol. The van der Waals surface area contributed by atoms with Gasteiger partial charge in [0.15, 0.2) is 16.7 Å². The number of rotatable bonds is 29. The Morgan fingerprint density at radius 3 is 1.31 bits per heavy atom. The van der Waals surface area contributed by atoms with E-state index < -0.39 is 53.4 Å². The van der Waals surface area contributed by atoms with Gasteiger partial charge >= 0.3 is 0 Å². The number of amides is 2. The third-order valence-electron chi connectivity index (χ3n) is 15.3. The normalized spacial score (nSPS) is 14.1. The van der Waals surface area contributed by atoms with Crippen molar-refractivity contribution < 1.29 is 50.2 Å². The number of Topliss-reactive ketones (excluding diaryl/α,β-unsaturated/α-hetero) is 2. The first-order valence-corrected chi connectivity index (χ1v) is 36.4. The summed E-state index contributed by atoms with van der Waals surface area (Å²) in [7, 11) is -9.47. The van der Waals surface area contributed by atoms with E-state index in [1.807, 2.05) is 61.8 Å². The van der Waals surface area contributed by atoms with Crippen LogP contribution < -0.4 is 40.9 Å². The van der Waals surface area contributed by atoms with Gasteiger partial charge in [0.05, 0.1) is 50.3 Å². The number of carbonyl (C=O) groups excluding carboxylic acids is 4. The van der Waals surface area contributed by atoms with Crippen molar-refractivity contribution in [2.45, 2.75) is 95.0 Å². The summed E-state index contributed by atoms with van der Waals surface area (Å²) in [6, 6.07) is 21.7. The zero-order valence-corrected chi connectivity index (χ0v) is 57.6. The number of benzene rings is 4. The summed E-state index contributed by atoms with van der Waals surface area (Å²) in [5, 5.41) is 41.0. The maximum atomic E-state index is 13.8. The molecule has 0 spiro atoms. The zero-order valence-electron chi connectivity index (χ0n) is 53.5.